The molecule has 0 atom stereocenters. The topological polar surface area (TPSA) is 151 Å². The number of para-hydroxylation sites is 1. The zero-order chi connectivity index (χ0) is 25.2. The van der Waals surface area contributed by atoms with Crippen molar-refractivity contribution >= 4 is 29.0 Å². The van der Waals surface area contributed by atoms with Crippen molar-refractivity contribution in [1.82, 2.24) is 20.4 Å². The molecule has 0 bridgehead atoms. The zero-order valence-corrected chi connectivity index (χ0v) is 17.0. The number of rotatable bonds is 8. The van der Waals surface area contributed by atoms with Gasteiger partial charge in [-0.3, -0.25) is 9.59 Å². The van der Waals surface area contributed by atoms with Gasteiger partial charge in [-0.05, 0) is 25.0 Å². The molecule has 0 unspecified atom stereocenters. The van der Waals surface area contributed by atoms with Crippen LogP contribution in [0.15, 0.2) is 35.0 Å². The summed E-state index contributed by atoms with van der Waals surface area (Å²) in [5.74, 6) is -0.478. The van der Waals surface area contributed by atoms with E-state index in [4.69, 9.17) is 13.4 Å². The normalized spacial score (nSPS) is 14.6. The molecule has 0 spiro atoms. The second-order valence-electron chi connectivity index (χ2n) is 7.02. The van der Waals surface area contributed by atoms with Crippen molar-refractivity contribution in [2.45, 2.75) is 19.4 Å². The van der Waals surface area contributed by atoms with E-state index in [9.17, 15) is 14.7 Å². The summed E-state index contributed by atoms with van der Waals surface area (Å²) < 4.78 is 32.7. The summed E-state index contributed by atoms with van der Waals surface area (Å²) in [5, 5.41) is 20.6. The largest absolute Gasteiger partial charge is 0.494 e. The molecule has 1 saturated carbocycles. The minimum absolute atomic E-state index is 0.0678. The first-order chi connectivity index (χ1) is 16.7. The van der Waals surface area contributed by atoms with E-state index in [0.29, 0.717) is 11.3 Å². The van der Waals surface area contributed by atoms with Gasteiger partial charge in [0.25, 0.3) is 11.8 Å². The second kappa shape index (κ2) is 9.02. The predicted molar refractivity (Wildman–Crippen MR) is 114 cm³/mol. The number of nitrogens with zero attached hydrogens (tertiary/aromatic N) is 3. The summed E-state index contributed by atoms with van der Waals surface area (Å²) >= 11 is 0. The smallest absolute Gasteiger partial charge is 0.261 e. The van der Waals surface area contributed by atoms with Gasteiger partial charge in [-0.2, -0.15) is 4.98 Å². The number of nitrogens with one attached hydrogen (secondary N) is 3. The van der Waals surface area contributed by atoms with Crippen LogP contribution in [-0.4, -0.2) is 46.1 Å². The second-order valence-corrected chi connectivity index (χ2v) is 7.02. The van der Waals surface area contributed by atoms with E-state index in [1.807, 2.05) is 5.32 Å². The van der Waals surface area contributed by atoms with Crippen LogP contribution in [-0.2, 0) is 11.4 Å². The molecule has 1 fully saturated rings. The lowest BCUT2D eigenvalue weighted by Crippen LogP contribution is -2.20. The maximum Gasteiger partial charge on any atom is 0.261 e. The fourth-order valence-electron chi connectivity index (χ4n) is 3.05. The van der Waals surface area contributed by atoms with Gasteiger partial charge in [0.1, 0.15) is 12.4 Å². The number of benzene rings is 1. The number of anilines is 3. The Labute approximate surface area is 187 Å². The van der Waals surface area contributed by atoms with Crippen LogP contribution in [0, 0.1) is 5.92 Å². The highest BCUT2D eigenvalue weighted by atomic mass is 16.5. The van der Waals surface area contributed by atoms with Gasteiger partial charge in [0.15, 0.2) is 11.6 Å². The maximum atomic E-state index is 12.7. The highest BCUT2D eigenvalue weighted by Crippen LogP contribution is 2.38. The van der Waals surface area contributed by atoms with Gasteiger partial charge >= 0.3 is 0 Å². The molecule has 2 amide bonds. The third-order valence-corrected chi connectivity index (χ3v) is 4.79. The highest BCUT2D eigenvalue weighted by molar-refractivity contribution is 6.01. The fourth-order valence-corrected chi connectivity index (χ4v) is 3.05. The first-order valence-electron chi connectivity index (χ1n) is 11.2. The Bertz CT molecular complexity index is 1260. The molecule has 0 radical (unpaired) electrons. The lowest BCUT2D eigenvalue weighted by molar-refractivity contribution is -0.117. The Morgan fingerprint density at radius 1 is 1.34 bits per heavy atom. The Balaban J connectivity index is 1.72. The average Bonchev–Trinajstić information content (AvgIpc) is 3.55. The lowest BCUT2D eigenvalue weighted by Gasteiger charge is -2.16. The van der Waals surface area contributed by atoms with E-state index >= 15 is 0 Å². The predicted octanol–water partition coefficient (Wildman–Crippen LogP) is 2.08. The standard InChI is InChI=1S/C21H22N6O5/c1-22-20(30)13-9-23-16(25-19(29)11-6-7-11)8-15(13)24-14-5-3-4-12(18(14)31-2)21-26-17(10-28)27-32-21/h3-5,8-9,11,28H,6-7,10H2,1-2H3,(H,22,30)(H2,23,24,25,29)/i1D3. The SMILES string of the molecule is [2H]C([2H])([2H])NC(=O)c1cnc(NC(=O)C2CC2)cc1Nc1cccc(-c2nc(CO)no2)c1OC. The van der Waals surface area contributed by atoms with Crippen LogP contribution >= 0.6 is 0 Å². The Hall–Kier alpha value is -3.99. The molecular weight excluding hydrogens is 416 g/mol. The van der Waals surface area contributed by atoms with Crippen molar-refractivity contribution in [3.63, 3.8) is 0 Å². The first-order valence-corrected chi connectivity index (χ1v) is 9.69. The molecule has 0 saturated heterocycles. The molecule has 0 aliphatic heterocycles. The van der Waals surface area contributed by atoms with Crippen LogP contribution in [0.4, 0.5) is 17.2 Å². The van der Waals surface area contributed by atoms with Crippen molar-refractivity contribution in [1.29, 1.82) is 0 Å². The summed E-state index contributed by atoms with van der Waals surface area (Å²) in [6, 6.07) is 6.41. The van der Waals surface area contributed by atoms with Gasteiger partial charge in [-0.25, -0.2) is 4.98 Å². The first kappa shape index (κ1) is 17.7. The lowest BCUT2D eigenvalue weighted by atomic mass is 10.1. The quantitative estimate of drug-likeness (QED) is 0.412. The van der Waals surface area contributed by atoms with E-state index in [-0.39, 0.29) is 46.4 Å². The van der Waals surface area contributed by atoms with Gasteiger partial charge in [0, 0.05) is 29.3 Å². The van der Waals surface area contributed by atoms with E-state index in [1.54, 1.807) is 18.2 Å². The van der Waals surface area contributed by atoms with Crippen molar-refractivity contribution in [3.05, 3.63) is 41.9 Å². The average molecular weight is 441 g/mol. The van der Waals surface area contributed by atoms with Gasteiger partial charge in [0.05, 0.1) is 29.6 Å². The Kier molecular flexibility index (Phi) is 4.98. The van der Waals surface area contributed by atoms with E-state index in [1.165, 1.54) is 19.4 Å². The number of methoxy groups -OCH3 is 1. The molecular formula is C21H22N6O5. The monoisotopic (exact) mass is 441 g/mol. The third kappa shape index (κ3) is 4.37. The van der Waals surface area contributed by atoms with Crippen molar-refractivity contribution in [2.24, 2.45) is 5.92 Å². The van der Waals surface area contributed by atoms with E-state index < -0.39 is 19.5 Å². The van der Waals surface area contributed by atoms with Gasteiger partial charge in [0.2, 0.25) is 5.91 Å². The molecule has 3 aromatic rings. The molecule has 11 heteroatoms. The Morgan fingerprint density at radius 2 is 2.19 bits per heavy atom. The zero-order valence-electron chi connectivity index (χ0n) is 20.0. The van der Waals surface area contributed by atoms with Crippen LogP contribution in [0.3, 0.4) is 0 Å². The van der Waals surface area contributed by atoms with Gasteiger partial charge < -0.3 is 30.3 Å². The summed E-state index contributed by atoms with van der Waals surface area (Å²) in [4.78, 5) is 33.1. The molecule has 1 aromatic carbocycles. The number of aliphatic hydroxyl groups excluding tert-OH is 1. The molecule has 11 nitrogen and oxygen atoms in total. The summed E-state index contributed by atoms with van der Waals surface area (Å²) in [7, 11) is 1.42. The molecule has 4 N–H and O–H groups in total. The van der Waals surface area contributed by atoms with Crippen LogP contribution < -0.4 is 20.7 Å². The number of carbonyl (C=O) groups excluding carboxylic acids is 2. The minimum atomic E-state index is -2.72. The number of hydrogen-bond acceptors (Lipinski definition) is 9. The third-order valence-electron chi connectivity index (χ3n) is 4.79. The maximum absolute atomic E-state index is 12.7. The number of pyridine rings is 1. The summed E-state index contributed by atoms with van der Waals surface area (Å²) in [6.45, 7) is -3.12. The fraction of sp³-hybridized carbons (Fsp3) is 0.286. The van der Waals surface area contributed by atoms with Crippen LogP contribution in [0.25, 0.3) is 11.5 Å². The number of hydrogen-bond donors (Lipinski definition) is 4. The molecule has 166 valence electrons. The highest BCUT2D eigenvalue weighted by Gasteiger charge is 2.30. The van der Waals surface area contributed by atoms with Crippen LogP contribution in [0.1, 0.15) is 33.1 Å². The molecule has 4 rings (SSSR count). The van der Waals surface area contributed by atoms with Crippen LogP contribution in [0.2, 0.25) is 0 Å². The number of aliphatic hydroxyl groups is 1. The molecule has 2 heterocycles. The number of aromatic nitrogens is 3. The summed E-state index contributed by atoms with van der Waals surface area (Å²) in [5.41, 5.74) is 0.889. The number of carbonyl (C=O) groups is 2. The van der Waals surface area contributed by atoms with Crippen molar-refractivity contribution in [3.8, 4) is 17.2 Å². The number of ether oxygens (including phenoxy) is 1. The molecule has 2 aromatic heterocycles. The summed E-state index contributed by atoms with van der Waals surface area (Å²) in [6.07, 6.45) is 2.77. The Morgan fingerprint density at radius 3 is 2.88 bits per heavy atom. The minimum Gasteiger partial charge on any atom is -0.494 e. The van der Waals surface area contributed by atoms with Gasteiger partial charge in [-0.15, -0.1) is 0 Å². The van der Waals surface area contributed by atoms with Crippen molar-refractivity contribution < 1.29 is 28.1 Å². The molecule has 32 heavy (non-hydrogen) atoms. The van der Waals surface area contributed by atoms with Crippen molar-refractivity contribution in [2.75, 3.05) is 24.7 Å². The van der Waals surface area contributed by atoms with Gasteiger partial charge in [-0.1, -0.05) is 11.2 Å². The van der Waals surface area contributed by atoms with Crippen LogP contribution in [0.5, 0.6) is 5.75 Å². The molecule has 1 aliphatic rings. The number of amides is 2. The molecule has 1 aliphatic carbocycles. The van der Waals surface area contributed by atoms with E-state index in [0.717, 1.165) is 12.8 Å². The van der Waals surface area contributed by atoms with E-state index in [2.05, 4.69) is 25.8 Å².